The van der Waals surface area contributed by atoms with Crippen LogP contribution in [0.3, 0.4) is 0 Å². The molecule has 0 radical (unpaired) electrons. The van der Waals surface area contributed by atoms with E-state index in [-0.39, 0.29) is 6.04 Å². The lowest BCUT2D eigenvalue weighted by Gasteiger charge is -2.24. The van der Waals surface area contributed by atoms with Crippen molar-refractivity contribution < 1.29 is 8.78 Å². The van der Waals surface area contributed by atoms with Gasteiger partial charge in [0.1, 0.15) is 11.6 Å². The summed E-state index contributed by atoms with van der Waals surface area (Å²) >= 11 is 0. The van der Waals surface area contributed by atoms with E-state index in [1.807, 2.05) is 6.92 Å². The molecule has 1 saturated carbocycles. The molecule has 0 bridgehead atoms. The largest absolute Gasteiger partial charge is 0.310 e. The molecule has 1 nitrogen and oxygen atoms in total. The zero-order valence-electron chi connectivity index (χ0n) is 12.3. The van der Waals surface area contributed by atoms with Crippen LogP contribution in [0.5, 0.6) is 0 Å². The van der Waals surface area contributed by atoms with Crippen molar-refractivity contribution in [2.75, 3.05) is 6.54 Å². The zero-order valence-corrected chi connectivity index (χ0v) is 12.3. The molecule has 1 aromatic carbocycles. The molecule has 0 heterocycles. The minimum Gasteiger partial charge on any atom is -0.310 e. The van der Waals surface area contributed by atoms with Gasteiger partial charge in [-0.25, -0.2) is 8.78 Å². The molecule has 1 fully saturated rings. The van der Waals surface area contributed by atoms with Gasteiger partial charge in [-0.3, -0.25) is 0 Å². The average molecular weight is 281 g/mol. The minimum atomic E-state index is -0.483. The van der Waals surface area contributed by atoms with Crippen LogP contribution in [-0.4, -0.2) is 6.54 Å². The van der Waals surface area contributed by atoms with Gasteiger partial charge in [0.2, 0.25) is 0 Å². The first-order valence-corrected chi connectivity index (χ1v) is 7.88. The van der Waals surface area contributed by atoms with Crippen molar-refractivity contribution in [1.29, 1.82) is 0 Å². The van der Waals surface area contributed by atoms with E-state index in [0.717, 1.165) is 24.6 Å². The SMILES string of the molecule is CCNC(CC1CCCCCC1)c1cc(F)cc(F)c1. The molecule has 0 amide bonds. The molecule has 1 aromatic rings. The molecule has 0 aliphatic heterocycles. The Hall–Kier alpha value is -0.960. The Kier molecular flexibility index (Phi) is 5.96. The van der Waals surface area contributed by atoms with Gasteiger partial charge < -0.3 is 5.32 Å². The fraction of sp³-hybridized carbons (Fsp3) is 0.647. The molecule has 0 spiro atoms. The number of benzene rings is 1. The highest BCUT2D eigenvalue weighted by Gasteiger charge is 2.20. The second-order valence-corrected chi connectivity index (χ2v) is 5.91. The Bertz CT molecular complexity index is 391. The van der Waals surface area contributed by atoms with Gasteiger partial charge in [0.25, 0.3) is 0 Å². The Morgan fingerprint density at radius 3 is 2.20 bits per heavy atom. The minimum absolute atomic E-state index is 0.0632. The predicted molar refractivity (Wildman–Crippen MR) is 78.6 cm³/mol. The van der Waals surface area contributed by atoms with E-state index in [4.69, 9.17) is 0 Å². The molecule has 1 aliphatic rings. The van der Waals surface area contributed by atoms with Crippen molar-refractivity contribution in [3.63, 3.8) is 0 Å². The smallest absolute Gasteiger partial charge is 0.126 e. The molecule has 1 N–H and O–H groups in total. The zero-order chi connectivity index (χ0) is 14.4. The van der Waals surface area contributed by atoms with Gasteiger partial charge in [-0.15, -0.1) is 0 Å². The van der Waals surface area contributed by atoms with Crippen LogP contribution in [-0.2, 0) is 0 Å². The topological polar surface area (TPSA) is 12.0 Å². The maximum atomic E-state index is 13.4. The third kappa shape index (κ3) is 4.55. The Balaban J connectivity index is 2.08. The lowest BCUT2D eigenvalue weighted by atomic mass is 9.89. The summed E-state index contributed by atoms with van der Waals surface area (Å²) in [4.78, 5) is 0. The highest BCUT2D eigenvalue weighted by molar-refractivity contribution is 5.21. The first-order valence-electron chi connectivity index (χ1n) is 7.88. The normalized spacial score (nSPS) is 18.8. The second kappa shape index (κ2) is 7.72. The molecule has 1 atom stereocenters. The van der Waals surface area contributed by atoms with Gasteiger partial charge in [-0.05, 0) is 36.6 Å². The van der Waals surface area contributed by atoms with Crippen LogP contribution < -0.4 is 5.32 Å². The highest BCUT2D eigenvalue weighted by Crippen LogP contribution is 2.31. The molecule has 20 heavy (non-hydrogen) atoms. The Morgan fingerprint density at radius 1 is 1.05 bits per heavy atom. The molecule has 112 valence electrons. The van der Waals surface area contributed by atoms with E-state index in [0.29, 0.717) is 5.92 Å². The number of rotatable bonds is 5. The second-order valence-electron chi connectivity index (χ2n) is 5.91. The summed E-state index contributed by atoms with van der Waals surface area (Å²) in [6.45, 7) is 2.85. The third-order valence-electron chi connectivity index (χ3n) is 4.28. The summed E-state index contributed by atoms with van der Waals surface area (Å²) in [6.07, 6.45) is 8.73. The highest BCUT2D eigenvalue weighted by atomic mass is 19.1. The van der Waals surface area contributed by atoms with Crippen LogP contribution in [0.2, 0.25) is 0 Å². The first-order chi connectivity index (χ1) is 9.69. The molecular weight excluding hydrogens is 256 g/mol. The van der Waals surface area contributed by atoms with Crippen LogP contribution >= 0.6 is 0 Å². The maximum absolute atomic E-state index is 13.4. The van der Waals surface area contributed by atoms with E-state index in [1.54, 1.807) is 0 Å². The summed E-state index contributed by atoms with van der Waals surface area (Å²) in [5.41, 5.74) is 0.744. The summed E-state index contributed by atoms with van der Waals surface area (Å²) in [6, 6.07) is 3.94. The quantitative estimate of drug-likeness (QED) is 0.751. The van der Waals surface area contributed by atoms with Crippen molar-refractivity contribution in [2.45, 2.75) is 57.9 Å². The fourth-order valence-electron chi connectivity index (χ4n) is 3.29. The first kappa shape index (κ1) is 15.4. The average Bonchev–Trinajstić information content (AvgIpc) is 2.65. The van der Waals surface area contributed by atoms with E-state index in [2.05, 4.69) is 5.32 Å². The molecular formula is C17H25F2N. The van der Waals surface area contributed by atoms with Gasteiger partial charge in [0, 0.05) is 12.1 Å². The third-order valence-corrected chi connectivity index (χ3v) is 4.28. The van der Waals surface area contributed by atoms with Crippen molar-refractivity contribution in [2.24, 2.45) is 5.92 Å². The summed E-state index contributed by atoms with van der Waals surface area (Å²) in [5.74, 6) is -0.291. The van der Waals surface area contributed by atoms with E-state index in [1.165, 1.54) is 50.7 Å². The van der Waals surface area contributed by atoms with Crippen molar-refractivity contribution in [1.82, 2.24) is 5.32 Å². The van der Waals surface area contributed by atoms with Gasteiger partial charge in [-0.1, -0.05) is 45.4 Å². The van der Waals surface area contributed by atoms with Gasteiger partial charge in [0.15, 0.2) is 0 Å². The molecule has 0 aromatic heterocycles. The summed E-state index contributed by atoms with van der Waals surface area (Å²) < 4.78 is 26.8. The molecule has 1 aliphatic carbocycles. The summed E-state index contributed by atoms with van der Waals surface area (Å²) in [7, 11) is 0. The van der Waals surface area contributed by atoms with Crippen LogP contribution in [0.25, 0.3) is 0 Å². The lowest BCUT2D eigenvalue weighted by molar-refractivity contribution is 0.358. The number of nitrogens with one attached hydrogen (secondary N) is 1. The number of halogens is 2. The lowest BCUT2D eigenvalue weighted by Crippen LogP contribution is -2.24. The number of hydrogen-bond acceptors (Lipinski definition) is 1. The monoisotopic (exact) mass is 281 g/mol. The standard InChI is InChI=1S/C17H25F2N/c1-2-20-17(9-13-7-5-3-4-6-8-13)14-10-15(18)12-16(19)11-14/h10-13,17,20H,2-9H2,1H3. The molecule has 0 saturated heterocycles. The number of hydrogen-bond donors (Lipinski definition) is 1. The molecule has 1 unspecified atom stereocenters. The predicted octanol–water partition coefficient (Wildman–Crippen LogP) is 4.98. The van der Waals surface area contributed by atoms with Crippen LogP contribution in [0.15, 0.2) is 18.2 Å². The Labute approximate surface area is 120 Å². The van der Waals surface area contributed by atoms with Crippen LogP contribution in [0.1, 0.15) is 63.5 Å². The van der Waals surface area contributed by atoms with Gasteiger partial charge >= 0.3 is 0 Å². The van der Waals surface area contributed by atoms with Crippen molar-refractivity contribution >= 4 is 0 Å². The van der Waals surface area contributed by atoms with E-state index < -0.39 is 11.6 Å². The Morgan fingerprint density at radius 2 is 1.65 bits per heavy atom. The van der Waals surface area contributed by atoms with Gasteiger partial charge in [-0.2, -0.15) is 0 Å². The molecule has 3 heteroatoms. The summed E-state index contributed by atoms with van der Waals surface area (Å²) in [5, 5.41) is 3.39. The maximum Gasteiger partial charge on any atom is 0.126 e. The van der Waals surface area contributed by atoms with Crippen molar-refractivity contribution in [3.05, 3.63) is 35.4 Å². The molecule has 2 rings (SSSR count). The fourth-order valence-corrected chi connectivity index (χ4v) is 3.29. The van der Waals surface area contributed by atoms with Gasteiger partial charge in [0.05, 0.1) is 0 Å². The van der Waals surface area contributed by atoms with Crippen LogP contribution in [0, 0.1) is 17.6 Å². The van der Waals surface area contributed by atoms with E-state index in [9.17, 15) is 8.78 Å². The van der Waals surface area contributed by atoms with Crippen LogP contribution in [0.4, 0.5) is 8.78 Å². The van der Waals surface area contributed by atoms with E-state index >= 15 is 0 Å². The van der Waals surface area contributed by atoms with Crippen molar-refractivity contribution in [3.8, 4) is 0 Å².